The number of nitrogens with zero attached hydrogens (tertiary/aromatic N) is 3. The van der Waals surface area contributed by atoms with Gasteiger partial charge in [-0.05, 0) is 54.4 Å². The molecular formula is C32H65N5O14Si2. The first-order valence-corrected chi connectivity index (χ1v) is 22.3. The summed E-state index contributed by atoms with van der Waals surface area (Å²) in [5, 5.41) is 34.0. The molecule has 0 aliphatic carbocycles. The molecule has 5 N–H and O–H groups in total. The molecule has 0 aromatic carbocycles. The van der Waals surface area contributed by atoms with E-state index in [0.717, 1.165) is 0 Å². The summed E-state index contributed by atoms with van der Waals surface area (Å²) >= 11 is 0. The number of carboxylic acid groups (broad SMARTS) is 3. The number of rotatable bonds is 36. The first-order chi connectivity index (χ1) is 25.2. The molecule has 0 rings (SSSR count). The number of amides is 2. The molecule has 0 heterocycles. The molecule has 0 fully saturated rings. The number of carbonyl (C=O) groups excluding carboxylic acids is 2. The van der Waals surface area contributed by atoms with Crippen LogP contribution in [0.1, 0.15) is 54.4 Å². The molecule has 310 valence electrons. The van der Waals surface area contributed by atoms with E-state index < -0.39 is 67.0 Å². The van der Waals surface area contributed by atoms with Crippen LogP contribution in [0.5, 0.6) is 0 Å². The Labute approximate surface area is 316 Å². The lowest BCUT2D eigenvalue weighted by molar-refractivity contribution is -0.141. The van der Waals surface area contributed by atoms with Crippen molar-refractivity contribution < 1.29 is 65.8 Å². The van der Waals surface area contributed by atoms with Crippen LogP contribution in [0.2, 0.25) is 12.1 Å². The Morgan fingerprint density at radius 1 is 0.453 bits per heavy atom. The zero-order valence-corrected chi connectivity index (χ0v) is 34.5. The highest BCUT2D eigenvalue weighted by Gasteiger charge is 2.40. The molecule has 0 aromatic heterocycles. The normalized spacial score (nSPS) is 12.1. The van der Waals surface area contributed by atoms with Crippen molar-refractivity contribution in [1.29, 1.82) is 0 Å². The zero-order valence-electron chi connectivity index (χ0n) is 32.5. The Bertz CT molecular complexity index is 958. The fourth-order valence-corrected chi connectivity index (χ4v) is 10.6. The average Bonchev–Trinajstić information content (AvgIpc) is 3.06. The van der Waals surface area contributed by atoms with Gasteiger partial charge in [-0.3, -0.25) is 38.7 Å². The van der Waals surface area contributed by atoms with Gasteiger partial charge >= 0.3 is 35.5 Å². The van der Waals surface area contributed by atoms with Gasteiger partial charge in [0.05, 0.1) is 32.7 Å². The lowest BCUT2D eigenvalue weighted by atomic mass is 10.3. The molecule has 21 heteroatoms. The van der Waals surface area contributed by atoms with Crippen LogP contribution < -0.4 is 10.6 Å². The summed E-state index contributed by atoms with van der Waals surface area (Å²) in [6.07, 6.45) is 1.04. The van der Waals surface area contributed by atoms with Crippen LogP contribution >= 0.6 is 0 Å². The number of hydrogen-bond acceptors (Lipinski definition) is 14. The first-order valence-electron chi connectivity index (χ1n) is 18.4. The van der Waals surface area contributed by atoms with Crippen molar-refractivity contribution in [1.82, 2.24) is 25.3 Å². The highest BCUT2D eigenvalue weighted by atomic mass is 28.4. The van der Waals surface area contributed by atoms with Crippen LogP contribution in [-0.4, -0.2) is 189 Å². The fraction of sp³-hybridized carbons (Fsp3) is 0.844. The van der Waals surface area contributed by atoms with Gasteiger partial charge in [-0.15, -0.1) is 0 Å². The maximum Gasteiger partial charge on any atom is 0.500 e. The van der Waals surface area contributed by atoms with Gasteiger partial charge in [-0.1, -0.05) is 0 Å². The van der Waals surface area contributed by atoms with Crippen LogP contribution in [0.15, 0.2) is 0 Å². The van der Waals surface area contributed by atoms with Crippen molar-refractivity contribution in [2.45, 2.75) is 66.5 Å². The molecule has 0 aromatic rings. The van der Waals surface area contributed by atoms with E-state index in [1.807, 2.05) is 41.5 Å². The summed E-state index contributed by atoms with van der Waals surface area (Å²) in [4.78, 5) is 64.6. The molecule has 0 aliphatic rings. The Morgan fingerprint density at radius 3 is 0.981 bits per heavy atom. The molecule has 0 saturated heterocycles. The van der Waals surface area contributed by atoms with Gasteiger partial charge in [0.1, 0.15) is 0 Å². The predicted molar refractivity (Wildman–Crippen MR) is 198 cm³/mol. The number of carboxylic acids is 3. The van der Waals surface area contributed by atoms with Crippen molar-refractivity contribution in [3.05, 3.63) is 0 Å². The number of aliphatic carboxylic acids is 3. The molecular weight excluding hydrogens is 735 g/mol. The summed E-state index contributed by atoms with van der Waals surface area (Å²) in [6, 6.07) is 0.984. The quantitative estimate of drug-likeness (QED) is 0.0422. The minimum atomic E-state index is -2.88. The van der Waals surface area contributed by atoms with Crippen molar-refractivity contribution in [3.8, 4) is 0 Å². The molecule has 0 unspecified atom stereocenters. The predicted octanol–water partition coefficient (Wildman–Crippen LogP) is 0.256. The van der Waals surface area contributed by atoms with Gasteiger partial charge in [-0.25, -0.2) is 0 Å². The van der Waals surface area contributed by atoms with E-state index in [9.17, 15) is 39.3 Å². The van der Waals surface area contributed by atoms with E-state index in [-0.39, 0.29) is 52.4 Å². The topological polar surface area (TPSA) is 235 Å². The maximum absolute atomic E-state index is 12.8. The summed E-state index contributed by atoms with van der Waals surface area (Å²) in [5.74, 6) is -4.29. The smallest absolute Gasteiger partial charge is 0.480 e. The van der Waals surface area contributed by atoms with E-state index in [2.05, 4.69) is 10.6 Å². The van der Waals surface area contributed by atoms with E-state index in [0.29, 0.717) is 64.6 Å². The Kier molecular flexibility index (Phi) is 28.3. The van der Waals surface area contributed by atoms with Crippen molar-refractivity contribution in [2.75, 3.05) is 112 Å². The van der Waals surface area contributed by atoms with Gasteiger partial charge in [0, 0.05) is 91.0 Å². The van der Waals surface area contributed by atoms with E-state index in [1.54, 1.807) is 0 Å². The second kappa shape index (κ2) is 29.7. The largest absolute Gasteiger partial charge is 0.500 e. The average molecular weight is 800 g/mol. The fourth-order valence-electron chi connectivity index (χ4n) is 5.42. The molecule has 0 bridgehead atoms. The van der Waals surface area contributed by atoms with Gasteiger partial charge in [0.25, 0.3) is 0 Å². The van der Waals surface area contributed by atoms with Crippen LogP contribution in [0.4, 0.5) is 0 Å². The SMILES string of the molecule is CCO[Si](CCCNC(=O)CN(CCN(CCN(CC(=O)O)CC(=O)NCCC[Si](OCC)(OCC)OCC)CC(=O)O)CC(=O)O)(OCC)OCC. The van der Waals surface area contributed by atoms with E-state index >= 15 is 0 Å². The van der Waals surface area contributed by atoms with Gasteiger partial charge in [-0.2, -0.15) is 0 Å². The second-order valence-electron chi connectivity index (χ2n) is 11.7. The van der Waals surface area contributed by atoms with Crippen LogP contribution in [0.3, 0.4) is 0 Å². The molecule has 0 spiro atoms. The third kappa shape index (κ3) is 24.5. The Balaban J connectivity index is 5.24. The lowest BCUT2D eigenvalue weighted by Gasteiger charge is -2.29. The van der Waals surface area contributed by atoms with Crippen LogP contribution in [0, 0.1) is 0 Å². The van der Waals surface area contributed by atoms with E-state index in [4.69, 9.17) is 26.6 Å². The van der Waals surface area contributed by atoms with Gasteiger partial charge < -0.3 is 52.5 Å². The Hall–Kier alpha value is -2.58. The summed E-state index contributed by atoms with van der Waals surface area (Å²) in [6.45, 7) is 12.7. The summed E-state index contributed by atoms with van der Waals surface area (Å²) in [5.41, 5.74) is 0. The highest BCUT2D eigenvalue weighted by molar-refractivity contribution is 6.61. The third-order valence-corrected chi connectivity index (χ3v) is 13.7. The van der Waals surface area contributed by atoms with Crippen molar-refractivity contribution in [3.63, 3.8) is 0 Å². The molecule has 19 nitrogen and oxygen atoms in total. The van der Waals surface area contributed by atoms with Gasteiger partial charge in [0.15, 0.2) is 0 Å². The van der Waals surface area contributed by atoms with Crippen molar-refractivity contribution >= 4 is 47.3 Å². The first kappa shape index (κ1) is 50.4. The maximum atomic E-state index is 12.8. The second-order valence-corrected chi connectivity index (χ2v) is 17.2. The number of carbonyl (C=O) groups is 5. The zero-order chi connectivity index (χ0) is 40.1. The lowest BCUT2D eigenvalue weighted by Crippen LogP contribution is -2.48. The molecule has 2 amide bonds. The molecule has 0 radical (unpaired) electrons. The molecule has 53 heavy (non-hydrogen) atoms. The molecule has 0 aliphatic heterocycles. The summed E-state index contributed by atoms with van der Waals surface area (Å²) < 4.78 is 35.0. The minimum absolute atomic E-state index is 0.0392. The standard InChI is InChI=1S/C32H65N5O14Si2/c1-7-46-52(47-8-2,48-9-3)21-13-15-33-28(38)23-36(26-31(42)43)19-17-35(25-30(40)41)18-20-37(27-32(44)45)24-29(39)34-16-14-22-53(49-10-4,50-11-5)51-12-6/h7-27H2,1-6H3,(H,33,38)(H,34,39)(H,40,41)(H,42,43)(H,44,45). The Morgan fingerprint density at radius 2 is 0.717 bits per heavy atom. The monoisotopic (exact) mass is 799 g/mol. The number of nitrogens with one attached hydrogen (secondary N) is 2. The summed E-state index contributed by atoms with van der Waals surface area (Å²) in [7, 11) is -5.76. The third-order valence-electron chi connectivity index (χ3n) is 7.43. The van der Waals surface area contributed by atoms with Crippen molar-refractivity contribution in [2.24, 2.45) is 0 Å². The highest BCUT2D eigenvalue weighted by Crippen LogP contribution is 2.19. The number of hydrogen-bond donors (Lipinski definition) is 5. The minimum Gasteiger partial charge on any atom is -0.480 e. The molecule has 0 saturated carbocycles. The van der Waals surface area contributed by atoms with E-state index in [1.165, 1.54) is 14.7 Å². The van der Waals surface area contributed by atoms with Crippen LogP contribution in [0.25, 0.3) is 0 Å². The molecule has 0 atom stereocenters. The van der Waals surface area contributed by atoms with Gasteiger partial charge in [0.2, 0.25) is 11.8 Å². The van der Waals surface area contributed by atoms with Crippen LogP contribution in [-0.2, 0) is 50.5 Å².